The van der Waals surface area contributed by atoms with Gasteiger partial charge in [-0.2, -0.15) is 0 Å². The van der Waals surface area contributed by atoms with Crippen LogP contribution in [0, 0.1) is 0 Å². The summed E-state index contributed by atoms with van der Waals surface area (Å²) in [7, 11) is 0. The van der Waals surface area contributed by atoms with Crippen LogP contribution in [-0.2, 0) is 9.47 Å². The normalized spacial score (nSPS) is 30.0. The Morgan fingerprint density at radius 3 is 2.62 bits per heavy atom. The van der Waals surface area contributed by atoms with Crippen molar-refractivity contribution in [3.8, 4) is 0 Å². The minimum atomic E-state index is -0.180. The van der Waals surface area contributed by atoms with E-state index in [9.17, 15) is 0 Å². The van der Waals surface area contributed by atoms with Crippen LogP contribution in [0.1, 0.15) is 39.5 Å². The number of hydrogen-bond donors (Lipinski definition) is 0. The summed E-state index contributed by atoms with van der Waals surface area (Å²) in [6, 6.07) is 0. The monoisotopic (exact) mass is 360 g/mol. The molecule has 0 bridgehead atoms. The molecule has 0 aromatic carbocycles. The largest absolute Gasteiger partial charge is 0.378 e. The molecule has 16 heavy (non-hydrogen) atoms. The number of halogens is 2. The van der Waals surface area contributed by atoms with Gasteiger partial charge in [0.05, 0.1) is 23.7 Å². The Labute approximate surface area is 118 Å². The maximum absolute atomic E-state index is 6.13. The highest BCUT2D eigenvalue weighted by atomic mass is 127. The molecule has 0 N–H and O–H groups in total. The van der Waals surface area contributed by atoms with Gasteiger partial charge in [0.2, 0.25) is 0 Å². The molecule has 0 amide bonds. The van der Waals surface area contributed by atoms with E-state index in [0.717, 1.165) is 23.9 Å². The van der Waals surface area contributed by atoms with E-state index < -0.39 is 0 Å². The highest BCUT2D eigenvalue weighted by Crippen LogP contribution is 2.28. The molecule has 0 saturated heterocycles. The van der Waals surface area contributed by atoms with E-state index in [1.54, 1.807) is 0 Å². The Balaban J connectivity index is 2.41. The third-order valence-electron chi connectivity index (χ3n) is 3.00. The van der Waals surface area contributed by atoms with Crippen LogP contribution in [0.5, 0.6) is 0 Å². The minimum Gasteiger partial charge on any atom is -0.378 e. The van der Waals surface area contributed by atoms with Crippen molar-refractivity contribution < 1.29 is 9.47 Å². The zero-order valence-electron chi connectivity index (χ0n) is 10.2. The van der Waals surface area contributed by atoms with E-state index in [2.05, 4.69) is 36.4 Å². The average molecular weight is 361 g/mol. The molecular weight excluding hydrogens is 338 g/mol. The second-order valence-corrected chi connectivity index (χ2v) is 5.73. The second kappa shape index (κ2) is 7.39. The number of rotatable bonds is 6. The number of hydrogen-bond acceptors (Lipinski definition) is 2. The van der Waals surface area contributed by atoms with Gasteiger partial charge in [-0.05, 0) is 39.5 Å². The predicted octanol–water partition coefficient (Wildman–Crippen LogP) is 3.78. The van der Waals surface area contributed by atoms with Crippen molar-refractivity contribution >= 4 is 34.2 Å². The fourth-order valence-electron chi connectivity index (χ4n) is 2.10. The smallest absolute Gasteiger partial charge is 0.0881 e. The number of alkyl halides is 2. The lowest BCUT2D eigenvalue weighted by Crippen LogP contribution is -2.40. The molecule has 1 aliphatic rings. The van der Waals surface area contributed by atoms with Gasteiger partial charge in [-0.25, -0.2) is 0 Å². The second-order valence-electron chi connectivity index (χ2n) is 4.70. The molecule has 4 heteroatoms. The Morgan fingerprint density at radius 1 is 1.38 bits per heavy atom. The first-order valence-corrected chi connectivity index (χ1v) is 8.11. The molecule has 96 valence electrons. The van der Waals surface area contributed by atoms with Gasteiger partial charge in [0, 0.05) is 11.0 Å². The zero-order chi connectivity index (χ0) is 12.0. The Bertz CT molecular complexity index is 195. The van der Waals surface area contributed by atoms with E-state index in [1.807, 2.05) is 0 Å². The molecule has 1 saturated carbocycles. The maximum Gasteiger partial charge on any atom is 0.0881 e. The molecule has 1 fully saturated rings. The first-order valence-electron chi connectivity index (χ1n) is 6.05. The van der Waals surface area contributed by atoms with Gasteiger partial charge in [0.15, 0.2) is 0 Å². The van der Waals surface area contributed by atoms with Gasteiger partial charge in [-0.1, -0.05) is 22.6 Å². The quantitative estimate of drug-likeness (QED) is 0.530. The summed E-state index contributed by atoms with van der Waals surface area (Å²) < 4.78 is 12.7. The lowest BCUT2D eigenvalue weighted by atomic mass is 9.94. The summed E-state index contributed by atoms with van der Waals surface area (Å²) in [5, 5.41) is 0. The van der Waals surface area contributed by atoms with E-state index in [1.165, 1.54) is 12.8 Å². The summed E-state index contributed by atoms with van der Waals surface area (Å²) in [5.74, 6) is 0.561. The third-order valence-corrected chi connectivity index (χ3v) is 5.18. The Hall–Kier alpha value is 0.940. The lowest BCUT2D eigenvalue weighted by molar-refractivity contribution is -0.0968. The highest BCUT2D eigenvalue weighted by molar-refractivity contribution is 14.1. The highest BCUT2D eigenvalue weighted by Gasteiger charge is 2.30. The van der Waals surface area contributed by atoms with Crippen molar-refractivity contribution in [2.45, 2.75) is 57.3 Å². The van der Waals surface area contributed by atoms with Crippen LogP contribution < -0.4 is 0 Å². The van der Waals surface area contributed by atoms with Crippen LogP contribution in [0.4, 0.5) is 0 Å². The van der Waals surface area contributed by atoms with Crippen molar-refractivity contribution in [2.24, 2.45) is 0 Å². The van der Waals surface area contributed by atoms with Crippen LogP contribution in [-0.4, -0.2) is 34.7 Å². The molecule has 1 aliphatic carbocycles. The first kappa shape index (κ1) is 15.0. The first-order chi connectivity index (χ1) is 7.63. The molecule has 0 spiro atoms. The fourth-order valence-corrected chi connectivity index (χ4v) is 3.02. The molecule has 3 atom stereocenters. The molecule has 0 radical (unpaired) electrons. The number of ether oxygens (including phenoxy) is 2. The van der Waals surface area contributed by atoms with Gasteiger partial charge in [-0.3, -0.25) is 0 Å². The summed E-state index contributed by atoms with van der Waals surface area (Å²) in [5.41, 5.74) is -0.180. The van der Waals surface area contributed by atoms with Gasteiger partial charge < -0.3 is 9.47 Å². The predicted molar refractivity (Wildman–Crippen MR) is 76.8 cm³/mol. The summed E-state index contributed by atoms with van der Waals surface area (Å²) in [6.07, 6.45) is 5.26. The van der Waals surface area contributed by atoms with Crippen LogP contribution in [0.2, 0.25) is 0 Å². The van der Waals surface area contributed by atoms with E-state index in [0.29, 0.717) is 18.1 Å². The van der Waals surface area contributed by atoms with Crippen LogP contribution in [0.25, 0.3) is 0 Å². The van der Waals surface area contributed by atoms with Gasteiger partial charge in [0.1, 0.15) is 0 Å². The van der Waals surface area contributed by atoms with Crippen molar-refractivity contribution in [1.82, 2.24) is 0 Å². The molecule has 0 aromatic rings. The summed E-state index contributed by atoms with van der Waals surface area (Å²) >= 11 is 8.31. The standard InChI is InChI=1S/C12H22ClIO2/c1-3-15-10-5-4-6-11(7-10)16-12(2,8-13)9-14/h10-11H,3-9H2,1-2H3. The van der Waals surface area contributed by atoms with E-state index in [4.69, 9.17) is 21.1 Å². The Morgan fingerprint density at radius 2 is 2.06 bits per heavy atom. The SMILES string of the molecule is CCOC1CCCC(OC(C)(CCl)CI)C1. The van der Waals surface area contributed by atoms with Crippen molar-refractivity contribution in [1.29, 1.82) is 0 Å². The van der Waals surface area contributed by atoms with E-state index >= 15 is 0 Å². The third kappa shape index (κ3) is 4.67. The van der Waals surface area contributed by atoms with Crippen molar-refractivity contribution in [3.05, 3.63) is 0 Å². The molecular formula is C12H22ClIO2. The maximum atomic E-state index is 6.13. The van der Waals surface area contributed by atoms with Crippen LogP contribution in [0.15, 0.2) is 0 Å². The molecule has 3 unspecified atom stereocenters. The lowest BCUT2D eigenvalue weighted by Gasteiger charge is -2.35. The molecule has 0 heterocycles. The van der Waals surface area contributed by atoms with Gasteiger partial charge >= 0.3 is 0 Å². The topological polar surface area (TPSA) is 18.5 Å². The summed E-state index contributed by atoms with van der Waals surface area (Å²) in [4.78, 5) is 0. The van der Waals surface area contributed by atoms with Gasteiger partial charge in [0.25, 0.3) is 0 Å². The Kier molecular flexibility index (Phi) is 6.93. The van der Waals surface area contributed by atoms with Crippen LogP contribution >= 0.6 is 34.2 Å². The van der Waals surface area contributed by atoms with Gasteiger partial charge in [-0.15, -0.1) is 11.6 Å². The summed E-state index contributed by atoms with van der Waals surface area (Å²) in [6.45, 7) is 4.95. The zero-order valence-corrected chi connectivity index (χ0v) is 13.1. The van der Waals surface area contributed by atoms with Crippen molar-refractivity contribution in [2.75, 3.05) is 16.9 Å². The molecule has 0 aromatic heterocycles. The fraction of sp³-hybridized carbons (Fsp3) is 1.00. The van der Waals surface area contributed by atoms with Crippen molar-refractivity contribution in [3.63, 3.8) is 0 Å². The average Bonchev–Trinajstić information content (AvgIpc) is 2.30. The molecule has 2 nitrogen and oxygen atoms in total. The molecule has 0 aliphatic heterocycles. The van der Waals surface area contributed by atoms with Crippen LogP contribution in [0.3, 0.4) is 0 Å². The van der Waals surface area contributed by atoms with E-state index in [-0.39, 0.29) is 5.60 Å². The minimum absolute atomic E-state index is 0.180. The molecule has 1 rings (SSSR count).